The topological polar surface area (TPSA) is 55.7 Å². The van der Waals surface area contributed by atoms with Gasteiger partial charge < -0.3 is 4.74 Å². The second-order valence-electron chi connectivity index (χ2n) is 4.11. The molecule has 1 aliphatic heterocycles. The summed E-state index contributed by atoms with van der Waals surface area (Å²) in [6.07, 6.45) is 0. The molecule has 0 N–H and O–H groups in total. The summed E-state index contributed by atoms with van der Waals surface area (Å²) >= 11 is 0. The Morgan fingerprint density at radius 2 is 1.58 bits per heavy atom. The standard InChI is InChI=1S/C14H11NO3S/c1-18-12-8-4-2-6-10(12)14-11-7-3-5-9-13(11)19(16,17)15-14/h2-9H,1H3. The average molecular weight is 273 g/mol. The number of para-hydroxylation sites is 1. The number of benzene rings is 2. The molecular weight excluding hydrogens is 262 g/mol. The van der Waals surface area contributed by atoms with Crippen molar-refractivity contribution in [3.63, 3.8) is 0 Å². The van der Waals surface area contributed by atoms with Crippen LogP contribution in [0.25, 0.3) is 0 Å². The predicted octanol–water partition coefficient (Wildman–Crippen LogP) is 2.23. The van der Waals surface area contributed by atoms with Crippen LogP contribution >= 0.6 is 0 Å². The van der Waals surface area contributed by atoms with Crippen molar-refractivity contribution in [1.82, 2.24) is 0 Å². The SMILES string of the molecule is COc1ccccc1C1=NS(=O)(=O)c2ccccc21. The van der Waals surface area contributed by atoms with Crippen LogP contribution in [0.3, 0.4) is 0 Å². The molecular formula is C14H11NO3S. The first-order chi connectivity index (χ1) is 9.13. The summed E-state index contributed by atoms with van der Waals surface area (Å²) in [7, 11) is -2.05. The summed E-state index contributed by atoms with van der Waals surface area (Å²) in [6.45, 7) is 0. The normalized spacial score (nSPS) is 15.7. The van der Waals surface area contributed by atoms with E-state index in [1.807, 2.05) is 12.1 Å². The molecule has 2 aromatic carbocycles. The Hall–Kier alpha value is -2.14. The number of ether oxygens (including phenoxy) is 1. The maximum absolute atomic E-state index is 12.0. The molecule has 3 rings (SSSR count). The predicted molar refractivity (Wildman–Crippen MR) is 72.3 cm³/mol. The van der Waals surface area contributed by atoms with Gasteiger partial charge in [0.05, 0.1) is 17.7 Å². The number of rotatable bonds is 2. The summed E-state index contributed by atoms with van der Waals surface area (Å²) in [4.78, 5) is 0.246. The van der Waals surface area contributed by atoms with Crippen molar-refractivity contribution < 1.29 is 13.2 Å². The highest BCUT2D eigenvalue weighted by atomic mass is 32.2. The van der Waals surface area contributed by atoms with E-state index >= 15 is 0 Å². The van der Waals surface area contributed by atoms with Gasteiger partial charge in [-0.3, -0.25) is 0 Å². The molecule has 0 bridgehead atoms. The van der Waals surface area contributed by atoms with Gasteiger partial charge in [-0.15, -0.1) is 0 Å². The van der Waals surface area contributed by atoms with Crippen LogP contribution < -0.4 is 4.74 Å². The van der Waals surface area contributed by atoms with E-state index in [1.165, 1.54) is 0 Å². The third kappa shape index (κ3) is 1.82. The minimum absolute atomic E-state index is 0.246. The van der Waals surface area contributed by atoms with Crippen molar-refractivity contribution in [2.75, 3.05) is 7.11 Å². The molecule has 0 saturated heterocycles. The molecule has 96 valence electrons. The summed E-state index contributed by atoms with van der Waals surface area (Å²) < 4.78 is 33.2. The van der Waals surface area contributed by atoms with Crippen LogP contribution in [0.4, 0.5) is 0 Å². The summed E-state index contributed by atoms with van der Waals surface area (Å²) in [6, 6.07) is 14.1. The lowest BCUT2D eigenvalue weighted by atomic mass is 10.0. The molecule has 2 aromatic rings. The molecule has 0 aliphatic carbocycles. The van der Waals surface area contributed by atoms with Crippen LogP contribution in [0.1, 0.15) is 11.1 Å². The Morgan fingerprint density at radius 3 is 2.32 bits per heavy atom. The molecule has 0 amide bonds. The highest BCUT2D eigenvalue weighted by Gasteiger charge is 2.30. The van der Waals surface area contributed by atoms with E-state index in [4.69, 9.17) is 4.74 Å². The van der Waals surface area contributed by atoms with Gasteiger partial charge in [-0.05, 0) is 18.2 Å². The lowest BCUT2D eigenvalue weighted by Gasteiger charge is -2.07. The van der Waals surface area contributed by atoms with Gasteiger partial charge in [0.25, 0.3) is 10.0 Å². The first kappa shape index (κ1) is 11.9. The monoisotopic (exact) mass is 273 g/mol. The van der Waals surface area contributed by atoms with Crippen LogP contribution in [0.5, 0.6) is 5.75 Å². The van der Waals surface area contributed by atoms with Crippen molar-refractivity contribution in [2.45, 2.75) is 4.90 Å². The van der Waals surface area contributed by atoms with Crippen molar-refractivity contribution in [1.29, 1.82) is 0 Å². The molecule has 0 fully saturated rings. The zero-order valence-electron chi connectivity index (χ0n) is 10.2. The van der Waals surface area contributed by atoms with Gasteiger partial charge in [0, 0.05) is 11.1 Å². The van der Waals surface area contributed by atoms with Crippen molar-refractivity contribution >= 4 is 15.7 Å². The zero-order chi connectivity index (χ0) is 13.5. The molecule has 0 unspecified atom stereocenters. The number of hydrogen-bond donors (Lipinski definition) is 0. The van der Waals surface area contributed by atoms with Crippen LogP contribution in [0.15, 0.2) is 57.8 Å². The molecule has 1 aliphatic rings. The van der Waals surface area contributed by atoms with Gasteiger partial charge in [0.2, 0.25) is 0 Å². The number of nitrogens with zero attached hydrogens (tertiary/aromatic N) is 1. The Morgan fingerprint density at radius 1 is 0.947 bits per heavy atom. The quantitative estimate of drug-likeness (QED) is 0.843. The van der Waals surface area contributed by atoms with Gasteiger partial charge in [0.1, 0.15) is 5.75 Å². The van der Waals surface area contributed by atoms with E-state index in [1.54, 1.807) is 43.5 Å². The fraction of sp³-hybridized carbons (Fsp3) is 0.0714. The van der Waals surface area contributed by atoms with Gasteiger partial charge >= 0.3 is 0 Å². The maximum Gasteiger partial charge on any atom is 0.283 e. The van der Waals surface area contributed by atoms with Crippen LogP contribution in [-0.4, -0.2) is 21.2 Å². The molecule has 5 heteroatoms. The fourth-order valence-corrected chi connectivity index (χ4v) is 3.37. The molecule has 0 saturated carbocycles. The third-order valence-electron chi connectivity index (χ3n) is 2.99. The smallest absolute Gasteiger partial charge is 0.283 e. The number of hydrogen-bond acceptors (Lipinski definition) is 3. The molecule has 0 spiro atoms. The minimum Gasteiger partial charge on any atom is -0.496 e. The third-order valence-corrected chi connectivity index (χ3v) is 4.33. The molecule has 4 nitrogen and oxygen atoms in total. The first-order valence-electron chi connectivity index (χ1n) is 5.71. The number of fused-ring (bicyclic) bond motifs is 1. The molecule has 0 aromatic heterocycles. The van der Waals surface area contributed by atoms with Gasteiger partial charge in [-0.25, -0.2) is 0 Å². The number of methoxy groups -OCH3 is 1. The van der Waals surface area contributed by atoms with E-state index in [0.717, 1.165) is 0 Å². The summed E-state index contributed by atoms with van der Waals surface area (Å²) in [5.74, 6) is 0.605. The highest BCUT2D eigenvalue weighted by molar-refractivity contribution is 7.90. The zero-order valence-corrected chi connectivity index (χ0v) is 11.0. The Balaban J connectivity index is 2.28. The minimum atomic E-state index is -3.60. The second-order valence-corrected chi connectivity index (χ2v) is 5.68. The fourth-order valence-electron chi connectivity index (χ4n) is 2.14. The average Bonchev–Trinajstić information content (AvgIpc) is 2.71. The highest BCUT2D eigenvalue weighted by Crippen LogP contribution is 2.32. The first-order valence-corrected chi connectivity index (χ1v) is 7.15. The molecule has 0 radical (unpaired) electrons. The van der Waals surface area contributed by atoms with Crippen LogP contribution in [0, 0.1) is 0 Å². The van der Waals surface area contributed by atoms with E-state index in [9.17, 15) is 8.42 Å². The van der Waals surface area contributed by atoms with Crippen molar-refractivity contribution in [2.24, 2.45) is 4.40 Å². The van der Waals surface area contributed by atoms with Gasteiger partial charge in [0.15, 0.2) is 0 Å². The van der Waals surface area contributed by atoms with Crippen LogP contribution in [-0.2, 0) is 10.0 Å². The second kappa shape index (κ2) is 4.20. The van der Waals surface area contributed by atoms with E-state index in [0.29, 0.717) is 22.6 Å². The summed E-state index contributed by atoms with van der Waals surface area (Å²) in [5.41, 5.74) is 1.73. The summed E-state index contributed by atoms with van der Waals surface area (Å²) in [5, 5.41) is 0. The Labute approximate surface area is 111 Å². The molecule has 1 heterocycles. The van der Waals surface area contributed by atoms with E-state index in [-0.39, 0.29) is 4.90 Å². The van der Waals surface area contributed by atoms with E-state index < -0.39 is 10.0 Å². The van der Waals surface area contributed by atoms with Crippen LogP contribution in [0.2, 0.25) is 0 Å². The van der Waals surface area contributed by atoms with Crippen molar-refractivity contribution in [3.8, 4) is 5.75 Å². The molecule has 19 heavy (non-hydrogen) atoms. The van der Waals surface area contributed by atoms with E-state index in [2.05, 4.69) is 4.40 Å². The maximum atomic E-state index is 12.0. The van der Waals surface area contributed by atoms with Gasteiger partial charge in [-0.1, -0.05) is 30.3 Å². The lowest BCUT2D eigenvalue weighted by molar-refractivity contribution is 0.414. The Kier molecular flexibility index (Phi) is 2.64. The number of sulfonamides is 1. The van der Waals surface area contributed by atoms with Gasteiger partial charge in [-0.2, -0.15) is 12.8 Å². The lowest BCUT2D eigenvalue weighted by Crippen LogP contribution is -2.02. The largest absolute Gasteiger partial charge is 0.496 e. The Bertz CT molecular complexity index is 779. The molecule has 0 atom stereocenters. The van der Waals surface area contributed by atoms with Crippen molar-refractivity contribution in [3.05, 3.63) is 59.7 Å².